The molecule has 18 heavy (non-hydrogen) atoms. The summed E-state index contributed by atoms with van der Waals surface area (Å²) in [6.07, 6.45) is -0.477. The largest absolute Gasteiger partial charge is 0.391 e. The number of halogens is 4. The molecule has 1 aromatic heterocycles. The number of nitrogens with zero attached hydrogens (tertiary/aromatic N) is 1. The number of hydrogen-bond donors (Lipinski definition) is 2. The molecule has 3 nitrogen and oxygen atoms in total. The first-order valence-corrected chi connectivity index (χ1v) is 5.44. The van der Waals surface area contributed by atoms with E-state index in [0.717, 1.165) is 0 Å². The Balaban J connectivity index is 2.79. The molecule has 1 unspecified atom stereocenters. The first-order valence-electron chi connectivity index (χ1n) is 5.44. The highest BCUT2D eigenvalue weighted by Crippen LogP contribution is 2.22. The molecule has 0 saturated heterocycles. The summed E-state index contributed by atoms with van der Waals surface area (Å²) >= 11 is 0. The molecule has 7 heteroatoms. The second-order valence-electron chi connectivity index (χ2n) is 4.36. The molecule has 0 aliphatic rings. The van der Waals surface area contributed by atoms with Gasteiger partial charge in [0.05, 0.1) is 6.10 Å². The molecule has 0 fully saturated rings. The quantitative estimate of drug-likeness (QED) is 0.635. The van der Waals surface area contributed by atoms with Crippen molar-refractivity contribution in [1.82, 2.24) is 4.98 Å². The predicted molar refractivity (Wildman–Crippen MR) is 58.0 cm³/mol. The van der Waals surface area contributed by atoms with E-state index in [0.29, 0.717) is 6.42 Å². The van der Waals surface area contributed by atoms with Gasteiger partial charge in [-0.2, -0.15) is 22.5 Å². The van der Waals surface area contributed by atoms with Crippen LogP contribution in [0.2, 0.25) is 0 Å². The zero-order chi connectivity index (χ0) is 13.9. The van der Waals surface area contributed by atoms with Gasteiger partial charge in [-0.15, -0.1) is 0 Å². The highest BCUT2D eigenvalue weighted by atomic mass is 19.2. The molecule has 0 radical (unpaired) electrons. The molecule has 0 aromatic carbocycles. The van der Waals surface area contributed by atoms with Crippen LogP contribution in [0.5, 0.6) is 0 Å². The van der Waals surface area contributed by atoms with Crippen LogP contribution < -0.4 is 5.32 Å². The fourth-order valence-electron chi connectivity index (χ4n) is 1.49. The lowest BCUT2D eigenvalue weighted by Gasteiger charge is -2.15. The second-order valence-corrected chi connectivity index (χ2v) is 4.36. The van der Waals surface area contributed by atoms with Gasteiger partial charge in [0.25, 0.3) is 11.9 Å². The number of pyridine rings is 1. The van der Waals surface area contributed by atoms with Crippen molar-refractivity contribution in [3.8, 4) is 0 Å². The van der Waals surface area contributed by atoms with E-state index in [1.807, 2.05) is 13.8 Å². The van der Waals surface area contributed by atoms with E-state index in [1.165, 1.54) is 0 Å². The van der Waals surface area contributed by atoms with Crippen LogP contribution in [0.25, 0.3) is 0 Å². The van der Waals surface area contributed by atoms with E-state index in [1.54, 1.807) is 0 Å². The standard InChI is InChI=1S/C11H14F4N2O/c1-5(2)3-6(18)4-16-9-7(12)10(14)17-11(15)8(9)13/h5-6,18H,3-4H2,1-2H3,(H,16,17). The Morgan fingerprint density at radius 3 is 2.06 bits per heavy atom. The normalized spacial score (nSPS) is 12.9. The number of aliphatic hydroxyl groups is 1. The summed E-state index contributed by atoms with van der Waals surface area (Å²) in [4.78, 5) is 2.42. The summed E-state index contributed by atoms with van der Waals surface area (Å²) in [6, 6.07) is 0. The van der Waals surface area contributed by atoms with Crippen LogP contribution in [0.3, 0.4) is 0 Å². The molecular weight excluding hydrogens is 252 g/mol. The molecule has 1 heterocycles. The molecule has 1 aromatic rings. The van der Waals surface area contributed by atoms with Crippen LogP contribution in [-0.2, 0) is 0 Å². The van der Waals surface area contributed by atoms with Crippen molar-refractivity contribution in [2.45, 2.75) is 26.4 Å². The maximum absolute atomic E-state index is 13.2. The maximum Gasteiger partial charge on any atom is 0.253 e. The zero-order valence-electron chi connectivity index (χ0n) is 9.98. The Morgan fingerprint density at radius 1 is 1.11 bits per heavy atom. The lowest BCUT2D eigenvalue weighted by Crippen LogP contribution is -2.23. The summed E-state index contributed by atoms with van der Waals surface area (Å²) in [6.45, 7) is 3.50. The van der Waals surface area contributed by atoms with Crippen LogP contribution in [0, 0.1) is 29.4 Å². The van der Waals surface area contributed by atoms with Crippen molar-refractivity contribution < 1.29 is 22.7 Å². The molecule has 1 rings (SSSR count). The Hall–Kier alpha value is -1.37. The SMILES string of the molecule is CC(C)CC(O)CNc1c(F)c(F)nc(F)c1F. The lowest BCUT2D eigenvalue weighted by molar-refractivity contribution is 0.161. The minimum Gasteiger partial charge on any atom is -0.391 e. The molecule has 0 saturated carbocycles. The fourth-order valence-corrected chi connectivity index (χ4v) is 1.49. The Morgan fingerprint density at radius 2 is 1.61 bits per heavy atom. The van der Waals surface area contributed by atoms with Gasteiger partial charge in [0, 0.05) is 6.54 Å². The van der Waals surface area contributed by atoms with Crippen molar-refractivity contribution in [3.63, 3.8) is 0 Å². The van der Waals surface area contributed by atoms with Gasteiger partial charge in [-0.3, -0.25) is 0 Å². The molecule has 0 aliphatic heterocycles. The third-order valence-electron chi connectivity index (χ3n) is 2.26. The first kappa shape index (κ1) is 14.7. The summed E-state index contributed by atoms with van der Waals surface area (Å²) in [5.41, 5.74) is -0.956. The van der Waals surface area contributed by atoms with Gasteiger partial charge in [0.1, 0.15) is 5.69 Å². The van der Waals surface area contributed by atoms with Crippen molar-refractivity contribution >= 4 is 5.69 Å². The number of anilines is 1. The molecule has 0 aliphatic carbocycles. The van der Waals surface area contributed by atoms with Crippen molar-refractivity contribution in [1.29, 1.82) is 0 Å². The van der Waals surface area contributed by atoms with Gasteiger partial charge >= 0.3 is 0 Å². The van der Waals surface area contributed by atoms with E-state index in [9.17, 15) is 22.7 Å². The van der Waals surface area contributed by atoms with Gasteiger partial charge < -0.3 is 10.4 Å². The third kappa shape index (κ3) is 3.56. The van der Waals surface area contributed by atoms with Crippen molar-refractivity contribution in [3.05, 3.63) is 23.5 Å². The van der Waals surface area contributed by atoms with Gasteiger partial charge in [-0.25, -0.2) is 0 Å². The van der Waals surface area contributed by atoms with Gasteiger partial charge in [-0.1, -0.05) is 13.8 Å². The average molecular weight is 266 g/mol. The predicted octanol–water partition coefficient (Wildman–Crippen LogP) is 2.46. The zero-order valence-corrected chi connectivity index (χ0v) is 9.98. The Kier molecular flexibility index (Phi) is 4.89. The van der Waals surface area contributed by atoms with E-state index >= 15 is 0 Å². The Labute approximate surface area is 102 Å². The van der Waals surface area contributed by atoms with Crippen LogP contribution in [0.4, 0.5) is 23.2 Å². The summed E-state index contributed by atoms with van der Waals surface area (Å²) in [5, 5.41) is 11.6. The highest BCUT2D eigenvalue weighted by Gasteiger charge is 2.21. The molecule has 0 amide bonds. The average Bonchev–Trinajstić information content (AvgIpc) is 2.25. The van der Waals surface area contributed by atoms with Crippen molar-refractivity contribution in [2.24, 2.45) is 5.92 Å². The molecule has 102 valence electrons. The van der Waals surface area contributed by atoms with E-state index in [2.05, 4.69) is 10.3 Å². The monoisotopic (exact) mass is 266 g/mol. The first-order chi connectivity index (χ1) is 8.32. The van der Waals surface area contributed by atoms with Crippen LogP contribution in [-0.4, -0.2) is 22.7 Å². The van der Waals surface area contributed by atoms with Gasteiger partial charge in [0.15, 0.2) is 0 Å². The minimum absolute atomic E-state index is 0.183. The van der Waals surface area contributed by atoms with E-state index < -0.39 is 35.3 Å². The molecular formula is C11H14F4N2O. The number of aliphatic hydroxyl groups excluding tert-OH is 1. The topological polar surface area (TPSA) is 45.1 Å². The van der Waals surface area contributed by atoms with Crippen LogP contribution in [0.15, 0.2) is 0 Å². The lowest BCUT2D eigenvalue weighted by atomic mass is 10.1. The summed E-state index contributed by atoms with van der Waals surface area (Å²) < 4.78 is 51.9. The fraction of sp³-hybridized carbons (Fsp3) is 0.545. The smallest absolute Gasteiger partial charge is 0.253 e. The molecule has 2 N–H and O–H groups in total. The van der Waals surface area contributed by atoms with E-state index in [4.69, 9.17) is 0 Å². The van der Waals surface area contributed by atoms with Gasteiger partial charge in [-0.05, 0) is 12.3 Å². The number of nitrogens with one attached hydrogen (secondary N) is 1. The number of hydrogen-bond acceptors (Lipinski definition) is 3. The molecule has 0 bridgehead atoms. The second kappa shape index (κ2) is 5.99. The van der Waals surface area contributed by atoms with Crippen molar-refractivity contribution in [2.75, 3.05) is 11.9 Å². The van der Waals surface area contributed by atoms with Crippen LogP contribution in [0.1, 0.15) is 20.3 Å². The highest BCUT2D eigenvalue weighted by molar-refractivity contribution is 5.45. The molecule has 1 atom stereocenters. The number of aromatic nitrogens is 1. The van der Waals surface area contributed by atoms with E-state index in [-0.39, 0.29) is 12.5 Å². The van der Waals surface area contributed by atoms with Gasteiger partial charge in [0.2, 0.25) is 11.6 Å². The Bertz CT molecular complexity index is 400. The maximum atomic E-state index is 13.2. The minimum atomic E-state index is -1.73. The summed E-state index contributed by atoms with van der Waals surface area (Å²) in [7, 11) is 0. The number of rotatable bonds is 5. The molecule has 0 spiro atoms. The van der Waals surface area contributed by atoms with Crippen LogP contribution >= 0.6 is 0 Å². The third-order valence-corrected chi connectivity index (χ3v) is 2.26. The summed E-state index contributed by atoms with van der Waals surface area (Å²) in [5.74, 6) is -6.48.